The molecular formula is C43H50Br2N2O2S2. The summed E-state index contributed by atoms with van der Waals surface area (Å²) in [5.74, 6) is 0.256. The molecule has 51 heavy (non-hydrogen) atoms. The van der Waals surface area contributed by atoms with E-state index in [1.54, 1.807) is 27.6 Å². The number of amides is 2. The van der Waals surface area contributed by atoms with Crippen LogP contribution in [0.5, 0.6) is 0 Å². The molecule has 4 nitrogen and oxygen atoms in total. The lowest BCUT2D eigenvalue weighted by molar-refractivity contribution is -0.114. The van der Waals surface area contributed by atoms with Gasteiger partial charge in [-0.25, -0.2) is 0 Å². The van der Waals surface area contributed by atoms with Crippen LogP contribution < -0.4 is 9.80 Å². The van der Waals surface area contributed by atoms with Gasteiger partial charge in [-0.15, -0.1) is 22.7 Å². The van der Waals surface area contributed by atoms with Crippen molar-refractivity contribution in [3.63, 3.8) is 0 Å². The quantitative estimate of drug-likeness (QED) is 0.0832. The molecule has 4 heterocycles. The third kappa shape index (κ3) is 8.19. The second-order valence-corrected chi connectivity index (χ2v) is 19.1. The first kappa shape index (κ1) is 38.2. The van der Waals surface area contributed by atoms with E-state index >= 15 is 0 Å². The Labute approximate surface area is 329 Å². The van der Waals surface area contributed by atoms with Gasteiger partial charge in [0.1, 0.15) is 0 Å². The molecule has 8 heteroatoms. The zero-order valence-corrected chi connectivity index (χ0v) is 35.5. The molecular weight excluding hydrogens is 800 g/mol. The Kier molecular flexibility index (Phi) is 12.8. The molecule has 0 saturated carbocycles. The summed E-state index contributed by atoms with van der Waals surface area (Å²) in [5.41, 5.74) is 9.12. The van der Waals surface area contributed by atoms with Crippen LogP contribution in [0.3, 0.4) is 0 Å². The van der Waals surface area contributed by atoms with Crippen molar-refractivity contribution in [1.29, 1.82) is 0 Å². The first-order valence-corrected chi connectivity index (χ1v) is 22.0. The maximum Gasteiger partial charge on any atom is 0.259 e. The highest BCUT2D eigenvalue weighted by Crippen LogP contribution is 2.49. The van der Waals surface area contributed by atoms with E-state index in [9.17, 15) is 9.59 Å². The van der Waals surface area contributed by atoms with E-state index in [4.69, 9.17) is 0 Å². The molecule has 270 valence electrons. The molecule has 0 aliphatic carbocycles. The molecule has 0 N–H and O–H groups in total. The van der Waals surface area contributed by atoms with Gasteiger partial charge in [-0.2, -0.15) is 0 Å². The van der Waals surface area contributed by atoms with E-state index in [-0.39, 0.29) is 11.8 Å². The average Bonchev–Trinajstić information content (AvgIpc) is 3.80. The number of nitrogens with zero attached hydrogens (tertiary/aromatic N) is 2. The molecule has 2 aliphatic heterocycles. The number of halogens is 2. The van der Waals surface area contributed by atoms with Crippen LogP contribution in [0.25, 0.3) is 32.0 Å². The van der Waals surface area contributed by atoms with Gasteiger partial charge in [0, 0.05) is 34.5 Å². The minimum Gasteiger partial charge on any atom is -0.311 e. The highest BCUT2D eigenvalue weighted by atomic mass is 79.9. The van der Waals surface area contributed by atoms with Gasteiger partial charge < -0.3 is 9.80 Å². The molecule has 6 rings (SSSR count). The first-order valence-electron chi connectivity index (χ1n) is 18.8. The summed E-state index contributed by atoms with van der Waals surface area (Å²) in [6.07, 6.45) is 14.8. The lowest BCUT2D eigenvalue weighted by Crippen LogP contribution is -2.32. The number of benzene rings is 2. The van der Waals surface area contributed by atoms with E-state index in [2.05, 4.69) is 102 Å². The number of anilines is 2. The Morgan fingerprint density at radius 3 is 1.63 bits per heavy atom. The number of likely N-dealkylation sites (N-methyl/N-ethyl adjacent to an activating group) is 1. The number of thiophene rings is 2. The number of hydrogen-bond acceptors (Lipinski definition) is 4. The Morgan fingerprint density at radius 1 is 0.627 bits per heavy atom. The lowest BCUT2D eigenvalue weighted by Gasteiger charge is -2.25. The molecule has 1 atom stereocenters. The second-order valence-electron chi connectivity index (χ2n) is 14.4. The first-order chi connectivity index (χ1) is 24.6. The van der Waals surface area contributed by atoms with E-state index in [1.807, 2.05) is 18.0 Å². The number of rotatable bonds is 16. The normalized spacial score (nSPS) is 16.1. The van der Waals surface area contributed by atoms with E-state index in [1.165, 1.54) is 80.2 Å². The summed E-state index contributed by atoms with van der Waals surface area (Å²) in [6.45, 7) is 9.42. The fraction of sp³-hybridized carbons (Fsp3) is 0.442. The molecule has 0 bridgehead atoms. The summed E-state index contributed by atoms with van der Waals surface area (Å²) in [6, 6.07) is 17.0. The van der Waals surface area contributed by atoms with Gasteiger partial charge >= 0.3 is 0 Å². The number of carbonyl (C=O) groups excluding carboxylic acids is 2. The average molecular weight is 851 g/mol. The summed E-state index contributed by atoms with van der Waals surface area (Å²) in [4.78, 5) is 35.2. The van der Waals surface area contributed by atoms with Gasteiger partial charge in [-0.05, 0) is 111 Å². The van der Waals surface area contributed by atoms with Crippen molar-refractivity contribution in [2.75, 3.05) is 23.4 Å². The molecule has 2 aromatic carbocycles. The number of aryl methyl sites for hydroxylation is 2. The van der Waals surface area contributed by atoms with Gasteiger partial charge in [0.15, 0.2) is 0 Å². The maximum atomic E-state index is 14.9. The monoisotopic (exact) mass is 848 g/mol. The summed E-state index contributed by atoms with van der Waals surface area (Å²) in [7, 11) is 1.83. The molecule has 0 radical (unpaired) electrons. The third-order valence-corrected chi connectivity index (χ3v) is 14.9. The standard InChI is InChI=1S/C43H50Br2N2O2S2/c1-6-8-10-12-13-15-17-29(16-14-11-9-7-2)26-47-35-25-31(37-23-28(4)41(45)51-37)19-21-33(35)39(43(47)49)38-32-20-18-30(24-34(32)46(5)42(38)48)36-22-27(3)40(44)50-36/h18-25,29H,6-17,26H2,1-5H3/b39-38+. The lowest BCUT2D eigenvalue weighted by atomic mass is 9.93. The smallest absolute Gasteiger partial charge is 0.259 e. The van der Waals surface area contributed by atoms with Gasteiger partial charge in [0.2, 0.25) is 0 Å². The number of hydrogen-bond donors (Lipinski definition) is 0. The predicted octanol–water partition coefficient (Wildman–Crippen LogP) is 13.9. The van der Waals surface area contributed by atoms with Crippen molar-refractivity contribution in [3.8, 4) is 20.9 Å². The minimum absolute atomic E-state index is 0.0429. The molecule has 2 aliphatic rings. The molecule has 0 spiro atoms. The van der Waals surface area contributed by atoms with Gasteiger partial charge in [0.05, 0.1) is 30.1 Å². The fourth-order valence-electron chi connectivity index (χ4n) is 7.57. The van der Waals surface area contributed by atoms with Gasteiger partial charge in [-0.1, -0.05) is 102 Å². The van der Waals surface area contributed by atoms with Gasteiger partial charge in [-0.3, -0.25) is 9.59 Å². The van der Waals surface area contributed by atoms with E-state index < -0.39 is 0 Å². The molecule has 0 fully saturated rings. The molecule has 2 aromatic heterocycles. The highest BCUT2D eigenvalue weighted by Gasteiger charge is 2.42. The maximum absolute atomic E-state index is 14.9. The van der Waals surface area contributed by atoms with E-state index in [0.29, 0.717) is 23.6 Å². The van der Waals surface area contributed by atoms with Crippen molar-refractivity contribution in [2.45, 2.75) is 105 Å². The number of carbonyl (C=O) groups is 2. The summed E-state index contributed by atoms with van der Waals surface area (Å²) >= 11 is 10.8. The molecule has 2 amide bonds. The minimum atomic E-state index is -0.119. The molecule has 1 unspecified atom stereocenters. The van der Waals surface area contributed by atoms with Crippen molar-refractivity contribution >= 4 is 88.9 Å². The van der Waals surface area contributed by atoms with Crippen molar-refractivity contribution in [1.82, 2.24) is 0 Å². The van der Waals surface area contributed by atoms with Crippen LogP contribution in [0.1, 0.15) is 113 Å². The Bertz CT molecular complexity index is 1900. The largest absolute Gasteiger partial charge is 0.311 e. The van der Waals surface area contributed by atoms with E-state index in [0.717, 1.165) is 58.9 Å². The zero-order valence-electron chi connectivity index (χ0n) is 30.7. The fourth-order valence-corrected chi connectivity index (χ4v) is 10.6. The van der Waals surface area contributed by atoms with Crippen LogP contribution >= 0.6 is 54.5 Å². The summed E-state index contributed by atoms with van der Waals surface area (Å²) in [5, 5.41) is 0. The van der Waals surface area contributed by atoms with Crippen molar-refractivity contribution < 1.29 is 9.59 Å². The number of fused-ring (bicyclic) bond motifs is 2. The highest BCUT2D eigenvalue weighted by molar-refractivity contribution is 9.11. The van der Waals surface area contributed by atoms with Crippen LogP contribution in [-0.4, -0.2) is 25.4 Å². The van der Waals surface area contributed by atoms with Crippen LogP contribution in [-0.2, 0) is 9.59 Å². The second kappa shape index (κ2) is 17.1. The van der Waals surface area contributed by atoms with Crippen LogP contribution in [0, 0.1) is 19.8 Å². The zero-order chi connectivity index (χ0) is 36.2. The van der Waals surface area contributed by atoms with Crippen LogP contribution in [0.2, 0.25) is 0 Å². The Morgan fingerprint density at radius 2 is 1.10 bits per heavy atom. The summed E-state index contributed by atoms with van der Waals surface area (Å²) < 4.78 is 2.24. The Balaban J connectivity index is 1.40. The predicted molar refractivity (Wildman–Crippen MR) is 227 cm³/mol. The third-order valence-electron chi connectivity index (χ3n) is 10.6. The van der Waals surface area contributed by atoms with Crippen molar-refractivity contribution in [3.05, 3.63) is 78.4 Å². The van der Waals surface area contributed by atoms with Crippen LogP contribution in [0.4, 0.5) is 11.4 Å². The molecule has 0 saturated heterocycles. The molecule has 4 aromatic rings. The SMILES string of the molecule is CCCCCCCCC(CCCCCC)CN1C(=O)/C(=C2/C(=O)N(C)c3cc(-c4cc(C)c(Br)s4)ccc32)c2ccc(-c3cc(C)c(Br)s3)cc21. The topological polar surface area (TPSA) is 40.6 Å². The van der Waals surface area contributed by atoms with Crippen LogP contribution in [0.15, 0.2) is 56.1 Å². The Hall–Kier alpha value is -2.52. The van der Waals surface area contributed by atoms with Crippen molar-refractivity contribution in [2.24, 2.45) is 5.92 Å². The number of unbranched alkanes of at least 4 members (excludes halogenated alkanes) is 8. The van der Waals surface area contributed by atoms with Gasteiger partial charge in [0.25, 0.3) is 11.8 Å².